The first kappa shape index (κ1) is 20.7. The minimum atomic E-state index is -0.250. The number of carboxylic acid groups (broad SMARTS) is 1. The maximum atomic E-state index is 12.2. The molecule has 0 bridgehead atoms. The van der Waals surface area contributed by atoms with Gasteiger partial charge in [0.1, 0.15) is 11.4 Å². The van der Waals surface area contributed by atoms with Crippen LogP contribution in [0.1, 0.15) is 35.1 Å². The fourth-order valence-electron chi connectivity index (χ4n) is 4.02. The number of hydrogen-bond donors (Lipinski definition) is 2. The average Bonchev–Trinajstić information content (AvgIpc) is 3.46. The van der Waals surface area contributed by atoms with Crippen LogP contribution in [-0.4, -0.2) is 83.4 Å². The first-order valence-electron chi connectivity index (χ1n) is 10.1. The molecular formula is C19H25N9O3. The first-order valence-corrected chi connectivity index (χ1v) is 10.1. The molecule has 0 spiro atoms. The topological polar surface area (TPSA) is 136 Å². The van der Waals surface area contributed by atoms with Crippen LogP contribution in [0.2, 0.25) is 0 Å². The fourth-order valence-corrected chi connectivity index (χ4v) is 4.02. The van der Waals surface area contributed by atoms with Crippen LogP contribution >= 0.6 is 0 Å². The lowest BCUT2D eigenvalue weighted by molar-refractivity contribution is -0.122. The van der Waals surface area contributed by atoms with E-state index in [9.17, 15) is 4.79 Å². The van der Waals surface area contributed by atoms with Gasteiger partial charge in [-0.2, -0.15) is 14.9 Å². The predicted octanol–water partition coefficient (Wildman–Crippen LogP) is 0.118. The fraction of sp³-hybridized carbons (Fsp3) is 0.474. The molecule has 0 radical (unpaired) electrons. The summed E-state index contributed by atoms with van der Waals surface area (Å²) in [6, 6.07) is 3.69. The summed E-state index contributed by atoms with van der Waals surface area (Å²) >= 11 is 0. The van der Waals surface area contributed by atoms with Crippen LogP contribution in [0.3, 0.4) is 0 Å². The lowest BCUT2D eigenvalue weighted by atomic mass is 9.98. The monoisotopic (exact) mass is 427 g/mol. The highest BCUT2D eigenvalue weighted by molar-refractivity contribution is 5.94. The molecular weight excluding hydrogens is 402 g/mol. The number of hydrogen-bond acceptors (Lipinski definition) is 7. The number of nitrogens with one attached hydrogen (secondary N) is 1. The molecule has 3 aromatic heterocycles. The van der Waals surface area contributed by atoms with Gasteiger partial charge in [0.2, 0.25) is 0 Å². The molecule has 0 saturated carbocycles. The third-order valence-electron chi connectivity index (χ3n) is 5.48. The molecule has 1 amide bonds. The van der Waals surface area contributed by atoms with E-state index in [0.29, 0.717) is 30.3 Å². The lowest BCUT2D eigenvalue weighted by Crippen LogP contribution is -2.35. The maximum absolute atomic E-state index is 12.2. The SMILES string of the molecule is CN1CCCC(c2nc(-c3cc4n(n3)CCNC4=O)n(-c3ccnn3C)n2)C1.O=CO. The van der Waals surface area contributed by atoms with Gasteiger partial charge in [0.05, 0.1) is 12.7 Å². The molecule has 1 atom stereocenters. The van der Waals surface area contributed by atoms with Crippen LogP contribution in [0.15, 0.2) is 18.3 Å². The molecule has 1 fully saturated rings. The largest absolute Gasteiger partial charge is 0.483 e. The van der Waals surface area contributed by atoms with Crippen molar-refractivity contribution in [3.63, 3.8) is 0 Å². The Kier molecular flexibility index (Phi) is 5.80. The third-order valence-corrected chi connectivity index (χ3v) is 5.48. The summed E-state index contributed by atoms with van der Waals surface area (Å²) in [5, 5.41) is 23.5. The van der Waals surface area contributed by atoms with Crippen molar-refractivity contribution in [2.45, 2.75) is 25.3 Å². The number of carbonyl (C=O) groups is 2. The lowest BCUT2D eigenvalue weighted by Gasteiger charge is -2.27. The van der Waals surface area contributed by atoms with Crippen molar-refractivity contribution >= 4 is 12.4 Å². The van der Waals surface area contributed by atoms with Crippen molar-refractivity contribution in [2.24, 2.45) is 7.05 Å². The summed E-state index contributed by atoms with van der Waals surface area (Å²) in [4.78, 5) is 27.7. The van der Waals surface area contributed by atoms with Gasteiger partial charge in [0, 0.05) is 38.2 Å². The van der Waals surface area contributed by atoms with E-state index in [1.165, 1.54) is 0 Å². The van der Waals surface area contributed by atoms with Crippen LogP contribution in [-0.2, 0) is 18.4 Å². The van der Waals surface area contributed by atoms with E-state index < -0.39 is 0 Å². The van der Waals surface area contributed by atoms with Crippen LogP contribution in [0, 0.1) is 0 Å². The second-order valence-electron chi connectivity index (χ2n) is 7.62. The van der Waals surface area contributed by atoms with Gasteiger partial charge in [-0.15, -0.1) is 5.10 Å². The number of aromatic nitrogens is 7. The first-order chi connectivity index (χ1) is 15.0. The molecule has 164 valence electrons. The quantitative estimate of drug-likeness (QED) is 0.563. The standard InChI is InChI=1S/C18H23N9O.CH2O2/c1-24-8-3-4-12(11-24)16-21-17(27(23-16)15-5-6-20-25(15)2)13-10-14-18(28)19-7-9-26(14)22-13;2-1-3/h5-6,10,12H,3-4,7-9,11H2,1-2H3,(H,19,28);1H,(H,2,3). The van der Waals surface area contributed by atoms with E-state index in [4.69, 9.17) is 20.0 Å². The number of fused-ring (bicyclic) bond motifs is 1. The zero-order chi connectivity index (χ0) is 22.0. The van der Waals surface area contributed by atoms with Crippen molar-refractivity contribution in [2.75, 3.05) is 26.7 Å². The van der Waals surface area contributed by atoms with Crippen molar-refractivity contribution < 1.29 is 14.7 Å². The number of likely N-dealkylation sites (tertiary alicyclic amines) is 1. The summed E-state index contributed by atoms with van der Waals surface area (Å²) in [6.45, 7) is 3.04. The van der Waals surface area contributed by atoms with Crippen LogP contribution < -0.4 is 5.32 Å². The van der Waals surface area contributed by atoms with Crippen molar-refractivity contribution in [3.05, 3.63) is 29.8 Å². The molecule has 3 aromatic rings. The molecule has 1 unspecified atom stereocenters. The van der Waals surface area contributed by atoms with Gasteiger partial charge in [0.25, 0.3) is 12.4 Å². The Labute approximate surface area is 178 Å². The summed E-state index contributed by atoms with van der Waals surface area (Å²) in [6.07, 6.45) is 3.94. The van der Waals surface area contributed by atoms with Gasteiger partial charge < -0.3 is 15.3 Å². The number of aryl methyl sites for hydroxylation is 1. The van der Waals surface area contributed by atoms with Crippen molar-refractivity contribution in [1.82, 2.24) is 44.5 Å². The minimum absolute atomic E-state index is 0.106. The molecule has 12 nitrogen and oxygen atoms in total. The molecule has 0 aromatic carbocycles. The number of amides is 1. The van der Waals surface area contributed by atoms with E-state index in [0.717, 1.165) is 37.6 Å². The third kappa shape index (κ3) is 4.06. The zero-order valence-corrected chi connectivity index (χ0v) is 17.5. The number of rotatable bonds is 3. The highest BCUT2D eigenvalue weighted by Gasteiger charge is 2.28. The highest BCUT2D eigenvalue weighted by Crippen LogP contribution is 2.28. The molecule has 2 aliphatic heterocycles. The summed E-state index contributed by atoms with van der Waals surface area (Å²) in [5.74, 6) is 2.45. The summed E-state index contributed by atoms with van der Waals surface area (Å²) in [5.41, 5.74) is 1.20. The smallest absolute Gasteiger partial charge is 0.290 e. The Balaban J connectivity index is 0.000000730. The van der Waals surface area contributed by atoms with E-state index in [-0.39, 0.29) is 18.3 Å². The van der Waals surface area contributed by atoms with Gasteiger partial charge in [-0.3, -0.25) is 19.0 Å². The number of piperidine rings is 1. The normalized spacial score (nSPS) is 18.6. The summed E-state index contributed by atoms with van der Waals surface area (Å²) in [7, 11) is 4.01. The zero-order valence-electron chi connectivity index (χ0n) is 17.5. The Morgan fingerprint density at radius 3 is 2.74 bits per heavy atom. The Morgan fingerprint density at radius 2 is 2.06 bits per heavy atom. The predicted molar refractivity (Wildman–Crippen MR) is 110 cm³/mol. The molecule has 5 heterocycles. The van der Waals surface area contributed by atoms with Crippen LogP contribution in [0.4, 0.5) is 0 Å². The minimum Gasteiger partial charge on any atom is -0.483 e. The molecule has 5 rings (SSSR count). The van der Waals surface area contributed by atoms with Crippen LogP contribution in [0.5, 0.6) is 0 Å². The van der Waals surface area contributed by atoms with Crippen molar-refractivity contribution in [1.29, 1.82) is 0 Å². The van der Waals surface area contributed by atoms with Gasteiger partial charge in [-0.25, -0.2) is 4.98 Å². The van der Waals surface area contributed by atoms with Gasteiger partial charge >= 0.3 is 0 Å². The molecule has 1 saturated heterocycles. The molecule has 12 heteroatoms. The maximum Gasteiger partial charge on any atom is 0.290 e. The average molecular weight is 427 g/mol. The van der Waals surface area contributed by atoms with E-state index in [1.807, 2.05) is 13.1 Å². The Morgan fingerprint density at radius 1 is 1.26 bits per heavy atom. The highest BCUT2D eigenvalue weighted by atomic mass is 16.3. The molecule has 0 aliphatic carbocycles. The Bertz CT molecular complexity index is 1080. The van der Waals surface area contributed by atoms with Crippen LogP contribution in [0.25, 0.3) is 17.3 Å². The van der Waals surface area contributed by atoms with E-state index >= 15 is 0 Å². The van der Waals surface area contributed by atoms with Gasteiger partial charge in [0.15, 0.2) is 17.5 Å². The second kappa shape index (κ2) is 8.68. The second-order valence-corrected chi connectivity index (χ2v) is 7.62. The number of carbonyl (C=O) groups excluding carboxylic acids is 1. The molecule has 2 N–H and O–H groups in total. The number of nitrogens with zero attached hydrogens (tertiary/aromatic N) is 8. The Hall–Kier alpha value is -3.54. The number of likely N-dealkylation sites (N-methyl/N-ethyl adjacent to an activating group) is 1. The van der Waals surface area contributed by atoms with E-state index in [1.54, 1.807) is 26.3 Å². The molecule has 2 aliphatic rings. The molecule has 31 heavy (non-hydrogen) atoms. The van der Waals surface area contributed by atoms with Gasteiger partial charge in [-0.05, 0) is 26.4 Å². The summed E-state index contributed by atoms with van der Waals surface area (Å²) < 4.78 is 5.30. The van der Waals surface area contributed by atoms with E-state index in [2.05, 4.69) is 27.5 Å². The van der Waals surface area contributed by atoms with Crippen molar-refractivity contribution in [3.8, 4) is 17.3 Å². The van der Waals surface area contributed by atoms with Gasteiger partial charge in [-0.1, -0.05) is 0 Å².